The molecule has 2 aliphatic heterocycles. The molecule has 5 nitrogen and oxygen atoms in total. The van der Waals surface area contributed by atoms with E-state index in [1.165, 1.54) is 0 Å². The lowest BCUT2D eigenvalue weighted by molar-refractivity contribution is -0.135. The molecule has 0 spiro atoms. The van der Waals surface area contributed by atoms with E-state index in [9.17, 15) is 13.6 Å². The van der Waals surface area contributed by atoms with Crippen molar-refractivity contribution in [1.29, 1.82) is 0 Å². The lowest BCUT2D eigenvalue weighted by Gasteiger charge is -2.33. The lowest BCUT2D eigenvalue weighted by atomic mass is 9.96. The zero-order valence-electron chi connectivity index (χ0n) is 12.8. The Morgan fingerprint density at radius 3 is 2.73 bits per heavy atom. The van der Waals surface area contributed by atoms with E-state index in [0.717, 1.165) is 24.9 Å². The first kappa shape index (κ1) is 15.4. The number of likely N-dealkylation sites (tertiary alicyclic amines) is 1. The second-order valence-corrected chi connectivity index (χ2v) is 6.50. The van der Waals surface area contributed by atoms with Crippen LogP contribution in [-0.4, -0.2) is 52.2 Å². The van der Waals surface area contributed by atoms with Crippen LogP contribution in [0, 0.1) is 12.8 Å². The van der Waals surface area contributed by atoms with E-state index in [1.54, 1.807) is 4.90 Å². The number of nitrogens with one attached hydrogen (secondary N) is 1. The second kappa shape index (κ2) is 5.95. The van der Waals surface area contributed by atoms with E-state index in [-0.39, 0.29) is 12.3 Å². The standard InChI is InChI=1S/C15H22F2N4O/c1-11-7-19-21(8-11)9-12-2-4-20(5-3-12)14(22)13-6-15(16,17)10-18-13/h7-8,12-13,18H,2-6,9-10H2,1H3. The molecule has 0 radical (unpaired) electrons. The average molecular weight is 312 g/mol. The van der Waals surface area contributed by atoms with Crippen molar-refractivity contribution >= 4 is 5.91 Å². The van der Waals surface area contributed by atoms with Crippen LogP contribution in [0.3, 0.4) is 0 Å². The number of aromatic nitrogens is 2. The molecular formula is C15H22F2N4O. The summed E-state index contributed by atoms with van der Waals surface area (Å²) in [6.45, 7) is 3.77. The van der Waals surface area contributed by atoms with Gasteiger partial charge in [0.2, 0.25) is 5.91 Å². The molecule has 1 unspecified atom stereocenters. The van der Waals surface area contributed by atoms with Gasteiger partial charge in [0.15, 0.2) is 0 Å². The Kier molecular flexibility index (Phi) is 4.16. The smallest absolute Gasteiger partial charge is 0.262 e. The van der Waals surface area contributed by atoms with Gasteiger partial charge in [0, 0.05) is 32.3 Å². The fraction of sp³-hybridized carbons (Fsp3) is 0.733. The molecule has 22 heavy (non-hydrogen) atoms. The van der Waals surface area contributed by atoms with Gasteiger partial charge in [-0.3, -0.25) is 14.8 Å². The van der Waals surface area contributed by atoms with Crippen LogP contribution in [0.25, 0.3) is 0 Å². The number of aryl methyl sites for hydroxylation is 1. The summed E-state index contributed by atoms with van der Waals surface area (Å²) in [6, 6.07) is -0.722. The van der Waals surface area contributed by atoms with Gasteiger partial charge in [-0.1, -0.05) is 0 Å². The highest BCUT2D eigenvalue weighted by Crippen LogP contribution is 2.27. The van der Waals surface area contributed by atoms with Gasteiger partial charge in [0.05, 0.1) is 18.8 Å². The van der Waals surface area contributed by atoms with Crippen molar-refractivity contribution in [3.8, 4) is 0 Å². The highest BCUT2D eigenvalue weighted by molar-refractivity contribution is 5.82. The number of halogens is 2. The first-order valence-electron chi connectivity index (χ1n) is 7.82. The SMILES string of the molecule is Cc1cnn(CC2CCN(C(=O)C3CC(F)(F)CN3)CC2)c1. The van der Waals surface area contributed by atoms with Crippen LogP contribution in [0.4, 0.5) is 8.78 Å². The molecule has 1 N–H and O–H groups in total. The third-order valence-corrected chi connectivity index (χ3v) is 4.54. The predicted octanol–water partition coefficient (Wildman–Crippen LogP) is 1.43. The van der Waals surface area contributed by atoms with E-state index in [0.29, 0.717) is 19.0 Å². The van der Waals surface area contributed by atoms with Crippen LogP contribution in [0.5, 0.6) is 0 Å². The molecular weight excluding hydrogens is 290 g/mol. The molecule has 0 saturated carbocycles. The average Bonchev–Trinajstić information content (AvgIpc) is 3.04. The van der Waals surface area contributed by atoms with E-state index in [2.05, 4.69) is 10.4 Å². The van der Waals surface area contributed by atoms with Gasteiger partial charge in [0.1, 0.15) is 0 Å². The molecule has 2 saturated heterocycles. The molecule has 1 aromatic heterocycles. The largest absolute Gasteiger partial charge is 0.341 e. The van der Waals surface area contributed by atoms with Crippen LogP contribution >= 0.6 is 0 Å². The van der Waals surface area contributed by atoms with Crippen molar-refractivity contribution in [2.45, 2.75) is 44.7 Å². The number of amides is 1. The maximum Gasteiger partial charge on any atom is 0.262 e. The molecule has 122 valence electrons. The van der Waals surface area contributed by atoms with Crippen LogP contribution in [0.2, 0.25) is 0 Å². The van der Waals surface area contributed by atoms with E-state index in [1.807, 2.05) is 24.0 Å². The van der Waals surface area contributed by atoms with Gasteiger partial charge in [-0.2, -0.15) is 5.10 Å². The first-order valence-corrected chi connectivity index (χ1v) is 7.82. The molecule has 1 aromatic rings. The molecule has 1 amide bonds. The maximum atomic E-state index is 13.2. The summed E-state index contributed by atoms with van der Waals surface area (Å²) in [5, 5.41) is 6.93. The number of carbonyl (C=O) groups excluding carboxylic acids is 1. The number of rotatable bonds is 3. The van der Waals surface area contributed by atoms with E-state index >= 15 is 0 Å². The normalized spacial score (nSPS) is 25.6. The van der Waals surface area contributed by atoms with Gasteiger partial charge >= 0.3 is 0 Å². The monoisotopic (exact) mass is 312 g/mol. The summed E-state index contributed by atoms with van der Waals surface area (Å²) < 4.78 is 28.3. The van der Waals surface area contributed by atoms with Gasteiger partial charge in [0.25, 0.3) is 5.92 Å². The zero-order valence-corrected chi connectivity index (χ0v) is 12.8. The molecule has 2 fully saturated rings. The highest BCUT2D eigenvalue weighted by Gasteiger charge is 2.43. The topological polar surface area (TPSA) is 50.2 Å². The quantitative estimate of drug-likeness (QED) is 0.918. The number of hydrogen-bond donors (Lipinski definition) is 1. The van der Waals surface area contributed by atoms with Crippen molar-refractivity contribution in [1.82, 2.24) is 20.0 Å². The lowest BCUT2D eigenvalue weighted by Crippen LogP contribution is -2.47. The predicted molar refractivity (Wildman–Crippen MR) is 77.6 cm³/mol. The van der Waals surface area contributed by atoms with Crippen molar-refractivity contribution < 1.29 is 13.6 Å². The summed E-state index contributed by atoms with van der Waals surface area (Å²) >= 11 is 0. The fourth-order valence-electron chi connectivity index (χ4n) is 3.28. The first-order chi connectivity index (χ1) is 10.4. The summed E-state index contributed by atoms with van der Waals surface area (Å²) in [5.41, 5.74) is 1.14. The summed E-state index contributed by atoms with van der Waals surface area (Å²) in [4.78, 5) is 14.0. The molecule has 7 heteroatoms. The van der Waals surface area contributed by atoms with Crippen LogP contribution in [0.1, 0.15) is 24.8 Å². The maximum absolute atomic E-state index is 13.2. The number of nitrogens with zero attached hydrogens (tertiary/aromatic N) is 3. The Balaban J connectivity index is 1.48. The van der Waals surface area contributed by atoms with Crippen molar-refractivity contribution in [3.05, 3.63) is 18.0 Å². The number of hydrogen-bond acceptors (Lipinski definition) is 3. The van der Waals surface area contributed by atoms with Gasteiger partial charge in [-0.25, -0.2) is 8.78 Å². The van der Waals surface area contributed by atoms with Crippen molar-refractivity contribution in [2.75, 3.05) is 19.6 Å². The molecule has 0 aromatic carbocycles. The van der Waals surface area contributed by atoms with E-state index in [4.69, 9.17) is 0 Å². The molecule has 0 aliphatic carbocycles. The Labute approximate surface area is 128 Å². The second-order valence-electron chi connectivity index (χ2n) is 6.50. The van der Waals surface area contributed by atoms with Crippen LogP contribution in [-0.2, 0) is 11.3 Å². The Morgan fingerprint density at radius 2 is 2.18 bits per heavy atom. The van der Waals surface area contributed by atoms with Gasteiger partial charge in [-0.15, -0.1) is 0 Å². The van der Waals surface area contributed by atoms with Crippen LogP contribution in [0.15, 0.2) is 12.4 Å². The minimum Gasteiger partial charge on any atom is -0.341 e. The Morgan fingerprint density at radius 1 is 1.45 bits per heavy atom. The number of alkyl halides is 2. The van der Waals surface area contributed by atoms with Crippen molar-refractivity contribution in [2.24, 2.45) is 5.92 Å². The van der Waals surface area contributed by atoms with Crippen LogP contribution < -0.4 is 5.32 Å². The summed E-state index contributed by atoms with van der Waals surface area (Å²) in [5.74, 6) is -2.44. The summed E-state index contributed by atoms with van der Waals surface area (Å²) in [7, 11) is 0. The van der Waals surface area contributed by atoms with Gasteiger partial charge in [-0.05, 0) is 31.2 Å². The number of carbonyl (C=O) groups is 1. The van der Waals surface area contributed by atoms with E-state index < -0.39 is 18.5 Å². The fourth-order valence-corrected chi connectivity index (χ4v) is 3.28. The Bertz CT molecular complexity index is 537. The third kappa shape index (κ3) is 3.45. The number of piperidine rings is 1. The third-order valence-electron chi connectivity index (χ3n) is 4.54. The molecule has 3 rings (SSSR count). The molecule has 1 atom stereocenters. The molecule has 2 aliphatic rings. The zero-order chi connectivity index (χ0) is 15.7. The Hall–Kier alpha value is -1.50. The van der Waals surface area contributed by atoms with Gasteiger partial charge < -0.3 is 4.90 Å². The minimum absolute atomic E-state index is 0.175. The summed E-state index contributed by atoms with van der Waals surface area (Å²) in [6.07, 6.45) is 5.27. The highest BCUT2D eigenvalue weighted by atomic mass is 19.3. The molecule has 0 bridgehead atoms. The minimum atomic E-state index is -2.75. The molecule has 3 heterocycles. The van der Waals surface area contributed by atoms with Crippen molar-refractivity contribution in [3.63, 3.8) is 0 Å².